The summed E-state index contributed by atoms with van der Waals surface area (Å²) in [7, 11) is 1.70. The van der Waals surface area contributed by atoms with E-state index >= 15 is 0 Å². The van der Waals surface area contributed by atoms with Gasteiger partial charge in [-0.3, -0.25) is 0 Å². The van der Waals surface area contributed by atoms with Crippen LogP contribution in [0.2, 0.25) is 0 Å². The largest absolute Gasteiger partial charge is 0.385 e. The summed E-state index contributed by atoms with van der Waals surface area (Å²) in [5.74, 6) is 0.811. The molecule has 4 nitrogen and oxygen atoms in total. The van der Waals surface area contributed by atoms with E-state index in [0.29, 0.717) is 13.2 Å². The lowest BCUT2D eigenvalue weighted by Gasteiger charge is -2.23. The molecule has 0 radical (unpaired) electrons. The molecule has 16 heavy (non-hydrogen) atoms. The van der Waals surface area contributed by atoms with Crippen molar-refractivity contribution in [2.24, 2.45) is 0 Å². The average Bonchev–Trinajstić information content (AvgIpc) is 2.55. The molecule has 0 aromatic carbocycles. The van der Waals surface area contributed by atoms with Gasteiger partial charge in [-0.1, -0.05) is 0 Å². The summed E-state index contributed by atoms with van der Waals surface area (Å²) in [5, 5.41) is 0. The topological polar surface area (TPSA) is 44.2 Å². The fraction of sp³-hybridized carbons (Fsp3) is 0.667. The maximum atomic E-state index is 5.87. The van der Waals surface area contributed by atoms with Crippen LogP contribution in [-0.2, 0) is 21.7 Å². The summed E-state index contributed by atoms with van der Waals surface area (Å²) in [6.07, 6.45) is 0.826. The number of nitrogens with zero attached hydrogens (tertiary/aromatic N) is 2. The van der Waals surface area contributed by atoms with Gasteiger partial charge in [0.25, 0.3) is 0 Å². The van der Waals surface area contributed by atoms with Crippen LogP contribution in [0.5, 0.6) is 0 Å². The maximum absolute atomic E-state index is 5.87. The van der Waals surface area contributed by atoms with Crippen LogP contribution in [0.15, 0.2) is 0 Å². The van der Waals surface area contributed by atoms with Crippen LogP contribution >= 0.6 is 0 Å². The molecule has 2 rings (SSSR count). The number of hydrogen-bond donors (Lipinski definition) is 0. The fourth-order valence-corrected chi connectivity index (χ4v) is 2.13. The molecule has 1 aromatic rings. The first kappa shape index (κ1) is 11.5. The Kier molecular flexibility index (Phi) is 2.95. The Morgan fingerprint density at radius 3 is 2.81 bits per heavy atom. The second-order valence-corrected chi connectivity index (χ2v) is 4.45. The van der Waals surface area contributed by atoms with Gasteiger partial charge in [0, 0.05) is 31.4 Å². The SMILES string of the molecule is COCCC1(C)OCc2c(C)nc(C)nc21. The first-order chi connectivity index (χ1) is 7.57. The van der Waals surface area contributed by atoms with Gasteiger partial charge in [0.1, 0.15) is 11.4 Å². The van der Waals surface area contributed by atoms with Gasteiger partial charge in [-0.05, 0) is 20.8 Å². The zero-order valence-electron chi connectivity index (χ0n) is 10.3. The van der Waals surface area contributed by atoms with E-state index in [1.165, 1.54) is 0 Å². The summed E-state index contributed by atoms with van der Waals surface area (Å²) in [5.41, 5.74) is 2.89. The van der Waals surface area contributed by atoms with E-state index in [-0.39, 0.29) is 5.60 Å². The van der Waals surface area contributed by atoms with Crippen molar-refractivity contribution in [2.75, 3.05) is 13.7 Å². The van der Waals surface area contributed by atoms with E-state index in [1.54, 1.807) is 7.11 Å². The number of aromatic nitrogens is 2. The van der Waals surface area contributed by atoms with E-state index in [0.717, 1.165) is 29.2 Å². The number of fused-ring (bicyclic) bond motifs is 1. The Bertz CT molecular complexity index is 406. The van der Waals surface area contributed by atoms with Crippen molar-refractivity contribution in [3.63, 3.8) is 0 Å². The molecule has 4 heteroatoms. The quantitative estimate of drug-likeness (QED) is 0.783. The number of rotatable bonds is 3. The summed E-state index contributed by atoms with van der Waals surface area (Å²) in [6, 6.07) is 0. The zero-order chi connectivity index (χ0) is 11.8. The third kappa shape index (κ3) is 1.83. The fourth-order valence-electron chi connectivity index (χ4n) is 2.13. The minimum absolute atomic E-state index is 0.316. The Labute approximate surface area is 96.0 Å². The van der Waals surface area contributed by atoms with Crippen molar-refractivity contribution in [3.05, 3.63) is 22.8 Å². The van der Waals surface area contributed by atoms with Gasteiger partial charge in [-0.2, -0.15) is 0 Å². The van der Waals surface area contributed by atoms with Crippen molar-refractivity contribution in [1.82, 2.24) is 9.97 Å². The smallest absolute Gasteiger partial charge is 0.125 e. The zero-order valence-corrected chi connectivity index (χ0v) is 10.3. The molecule has 0 saturated carbocycles. The van der Waals surface area contributed by atoms with Gasteiger partial charge in [-0.25, -0.2) is 9.97 Å². The Morgan fingerprint density at radius 1 is 1.38 bits per heavy atom. The van der Waals surface area contributed by atoms with Gasteiger partial charge in [0.15, 0.2) is 0 Å². The van der Waals surface area contributed by atoms with E-state index < -0.39 is 0 Å². The molecule has 0 aliphatic carbocycles. The highest BCUT2D eigenvalue weighted by molar-refractivity contribution is 5.32. The lowest BCUT2D eigenvalue weighted by atomic mass is 9.96. The molecule has 1 unspecified atom stereocenters. The molecule has 0 N–H and O–H groups in total. The molecule has 0 bridgehead atoms. The summed E-state index contributed by atoms with van der Waals surface area (Å²) in [6.45, 7) is 7.30. The van der Waals surface area contributed by atoms with E-state index in [4.69, 9.17) is 9.47 Å². The van der Waals surface area contributed by atoms with Crippen LogP contribution in [0.3, 0.4) is 0 Å². The van der Waals surface area contributed by atoms with Crippen molar-refractivity contribution in [2.45, 2.75) is 39.4 Å². The molecule has 1 atom stereocenters. The van der Waals surface area contributed by atoms with E-state index in [9.17, 15) is 0 Å². The number of hydrogen-bond acceptors (Lipinski definition) is 4. The van der Waals surface area contributed by atoms with Gasteiger partial charge >= 0.3 is 0 Å². The molecular formula is C12H18N2O2. The Morgan fingerprint density at radius 2 is 2.12 bits per heavy atom. The van der Waals surface area contributed by atoms with Crippen molar-refractivity contribution in [1.29, 1.82) is 0 Å². The normalized spacial score (nSPS) is 23.5. The van der Waals surface area contributed by atoms with Crippen LogP contribution in [0, 0.1) is 13.8 Å². The molecule has 88 valence electrons. The number of methoxy groups -OCH3 is 1. The van der Waals surface area contributed by atoms with Crippen LogP contribution in [-0.4, -0.2) is 23.7 Å². The predicted octanol–water partition coefficient (Wildman–Crippen LogP) is 1.88. The lowest BCUT2D eigenvalue weighted by Crippen LogP contribution is -2.24. The number of ether oxygens (including phenoxy) is 2. The van der Waals surface area contributed by atoms with Crippen LogP contribution in [0.1, 0.15) is 36.1 Å². The van der Waals surface area contributed by atoms with Gasteiger partial charge in [0.05, 0.1) is 12.3 Å². The molecule has 0 amide bonds. The lowest BCUT2D eigenvalue weighted by molar-refractivity contribution is -0.0450. The third-order valence-corrected chi connectivity index (χ3v) is 3.14. The molecule has 0 fully saturated rings. The highest BCUT2D eigenvalue weighted by Crippen LogP contribution is 2.38. The second-order valence-electron chi connectivity index (χ2n) is 4.45. The molecule has 1 aliphatic heterocycles. The molecule has 1 aliphatic rings. The van der Waals surface area contributed by atoms with E-state index in [2.05, 4.69) is 16.9 Å². The molecular weight excluding hydrogens is 204 g/mol. The molecule has 2 heterocycles. The second kappa shape index (κ2) is 4.11. The standard InChI is InChI=1S/C12H18N2O2/c1-8-10-7-16-12(3,5-6-15-4)11(10)14-9(2)13-8/h5-7H2,1-4H3. The first-order valence-corrected chi connectivity index (χ1v) is 5.54. The van der Waals surface area contributed by atoms with Crippen LogP contribution in [0.25, 0.3) is 0 Å². The highest BCUT2D eigenvalue weighted by atomic mass is 16.5. The van der Waals surface area contributed by atoms with Gasteiger partial charge in [-0.15, -0.1) is 0 Å². The Balaban J connectivity index is 2.38. The van der Waals surface area contributed by atoms with Crippen LogP contribution in [0.4, 0.5) is 0 Å². The van der Waals surface area contributed by atoms with Crippen molar-refractivity contribution in [3.8, 4) is 0 Å². The minimum atomic E-state index is -0.316. The summed E-state index contributed by atoms with van der Waals surface area (Å²) >= 11 is 0. The molecule has 0 spiro atoms. The summed E-state index contributed by atoms with van der Waals surface area (Å²) in [4.78, 5) is 8.90. The van der Waals surface area contributed by atoms with Crippen molar-refractivity contribution >= 4 is 0 Å². The average molecular weight is 222 g/mol. The molecule has 0 saturated heterocycles. The highest BCUT2D eigenvalue weighted by Gasteiger charge is 2.38. The first-order valence-electron chi connectivity index (χ1n) is 5.54. The number of aryl methyl sites for hydroxylation is 2. The molecule has 1 aromatic heterocycles. The maximum Gasteiger partial charge on any atom is 0.125 e. The van der Waals surface area contributed by atoms with E-state index in [1.807, 2.05) is 13.8 Å². The predicted molar refractivity (Wildman–Crippen MR) is 60.1 cm³/mol. The van der Waals surface area contributed by atoms with Crippen molar-refractivity contribution < 1.29 is 9.47 Å². The van der Waals surface area contributed by atoms with Gasteiger partial charge in [0.2, 0.25) is 0 Å². The Hall–Kier alpha value is -1.00. The van der Waals surface area contributed by atoms with Gasteiger partial charge < -0.3 is 9.47 Å². The summed E-state index contributed by atoms with van der Waals surface area (Å²) < 4.78 is 11.0. The minimum Gasteiger partial charge on any atom is -0.385 e. The van der Waals surface area contributed by atoms with Crippen LogP contribution < -0.4 is 0 Å². The third-order valence-electron chi connectivity index (χ3n) is 3.14. The monoisotopic (exact) mass is 222 g/mol.